The van der Waals surface area contributed by atoms with E-state index < -0.39 is 0 Å². The third-order valence-electron chi connectivity index (χ3n) is 3.25. The summed E-state index contributed by atoms with van der Waals surface area (Å²) >= 11 is 0. The maximum Gasteiger partial charge on any atom is 0.122 e. The van der Waals surface area contributed by atoms with Crippen LogP contribution in [0.25, 0.3) is 0 Å². The molecule has 4 nitrogen and oxygen atoms in total. The summed E-state index contributed by atoms with van der Waals surface area (Å²) < 4.78 is 7.33. The van der Waals surface area contributed by atoms with E-state index in [1.807, 2.05) is 29.8 Å². The van der Waals surface area contributed by atoms with Crippen molar-refractivity contribution in [3.05, 3.63) is 47.3 Å². The average molecular weight is 259 g/mol. The number of nitrogens with zero attached hydrogens (tertiary/aromatic N) is 2. The molecule has 2 rings (SSSR count). The van der Waals surface area contributed by atoms with Gasteiger partial charge in [-0.05, 0) is 38.0 Å². The Balaban J connectivity index is 2.22. The van der Waals surface area contributed by atoms with E-state index in [0.29, 0.717) is 0 Å². The summed E-state index contributed by atoms with van der Waals surface area (Å²) in [7, 11) is 1.69. The van der Waals surface area contributed by atoms with Gasteiger partial charge in [-0.1, -0.05) is 18.2 Å². The number of hydrogen-bond donors (Lipinski definition) is 1. The molecule has 0 radical (unpaired) electrons. The Bertz CT molecular complexity index is 548. The fraction of sp³-hybridized carbons (Fsp3) is 0.400. The molecule has 0 bridgehead atoms. The summed E-state index contributed by atoms with van der Waals surface area (Å²) in [6.07, 6.45) is 0.745. The van der Waals surface area contributed by atoms with E-state index in [0.717, 1.165) is 35.7 Å². The maximum atomic E-state index is 6.32. The first-order valence-corrected chi connectivity index (χ1v) is 6.57. The lowest BCUT2D eigenvalue weighted by Crippen LogP contribution is -2.18. The molecule has 2 N–H and O–H groups in total. The highest BCUT2D eigenvalue weighted by atomic mass is 16.5. The molecule has 1 heterocycles. The van der Waals surface area contributed by atoms with Crippen LogP contribution >= 0.6 is 0 Å². The van der Waals surface area contributed by atoms with Crippen molar-refractivity contribution >= 4 is 0 Å². The summed E-state index contributed by atoms with van der Waals surface area (Å²) in [6, 6.07) is 9.98. The number of para-hydroxylation sites is 1. The minimum Gasteiger partial charge on any atom is -0.496 e. The maximum absolute atomic E-state index is 6.32. The summed E-state index contributed by atoms with van der Waals surface area (Å²) in [4.78, 5) is 0. The minimum absolute atomic E-state index is 0.0718. The molecule has 0 saturated heterocycles. The van der Waals surface area contributed by atoms with Gasteiger partial charge in [-0.3, -0.25) is 4.68 Å². The minimum atomic E-state index is -0.0718. The molecule has 0 aliphatic rings. The standard InChI is InChI=1S/C15H21N3O/c1-4-18-14(9-11(2)17-18)13(16)10-12-7-5-6-8-15(12)19-3/h5-9,13H,4,10,16H2,1-3H3. The predicted molar refractivity (Wildman–Crippen MR) is 76.3 cm³/mol. The molecule has 1 unspecified atom stereocenters. The third-order valence-corrected chi connectivity index (χ3v) is 3.25. The number of aryl methyl sites for hydroxylation is 2. The van der Waals surface area contributed by atoms with Crippen LogP contribution in [0, 0.1) is 6.92 Å². The van der Waals surface area contributed by atoms with Crippen molar-refractivity contribution in [3.8, 4) is 5.75 Å². The molecular weight excluding hydrogens is 238 g/mol. The van der Waals surface area contributed by atoms with Crippen molar-refractivity contribution in [3.63, 3.8) is 0 Å². The van der Waals surface area contributed by atoms with Crippen LogP contribution < -0.4 is 10.5 Å². The summed E-state index contributed by atoms with van der Waals surface area (Å²) in [5.74, 6) is 0.886. The Kier molecular flexibility index (Phi) is 4.22. The Labute approximate surface area is 114 Å². The summed E-state index contributed by atoms with van der Waals surface area (Å²) in [5.41, 5.74) is 9.53. The number of methoxy groups -OCH3 is 1. The first-order chi connectivity index (χ1) is 9.15. The zero-order valence-corrected chi connectivity index (χ0v) is 11.8. The molecule has 1 aromatic carbocycles. The molecule has 0 spiro atoms. The highest BCUT2D eigenvalue weighted by Crippen LogP contribution is 2.24. The van der Waals surface area contributed by atoms with Crippen molar-refractivity contribution in [1.29, 1.82) is 0 Å². The molecule has 0 aliphatic carbocycles. The average Bonchev–Trinajstić information content (AvgIpc) is 2.80. The normalized spacial score (nSPS) is 12.4. The Hall–Kier alpha value is -1.81. The van der Waals surface area contributed by atoms with Gasteiger partial charge in [0.1, 0.15) is 5.75 Å². The van der Waals surface area contributed by atoms with Crippen LogP contribution in [0.3, 0.4) is 0 Å². The van der Waals surface area contributed by atoms with Gasteiger partial charge in [0.05, 0.1) is 24.5 Å². The van der Waals surface area contributed by atoms with Gasteiger partial charge in [0, 0.05) is 6.54 Å². The molecule has 1 atom stereocenters. The largest absolute Gasteiger partial charge is 0.496 e. The van der Waals surface area contributed by atoms with Gasteiger partial charge < -0.3 is 10.5 Å². The van der Waals surface area contributed by atoms with Crippen LogP contribution in [0.2, 0.25) is 0 Å². The van der Waals surface area contributed by atoms with Crippen molar-refractivity contribution in [2.24, 2.45) is 5.73 Å². The van der Waals surface area contributed by atoms with Crippen LogP contribution in [-0.2, 0) is 13.0 Å². The molecule has 1 aromatic heterocycles. The van der Waals surface area contributed by atoms with Crippen LogP contribution in [-0.4, -0.2) is 16.9 Å². The molecule has 2 aromatic rings. The zero-order chi connectivity index (χ0) is 13.8. The van der Waals surface area contributed by atoms with Gasteiger partial charge in [0.25, 0.3) is 0 Å². The molecule has 19 heavy (non-hydrogen) atoms. The predicted octanol–water partition coefficient (Wildman–Crippen LogP) is 2.46. The Morgan fingerprint density at radius 2 is 2.11 bits per heavy atom. The fourth-order valence-corrected chi connectivity index (χ4v) is 2.33. The van der Waals surface area contributed by atoms with Crippen LogP contribution in [0.5, 0.6) is 5.75 Å². The second kappa shape index (κ2) is 5.89. The van der Waals surface area contributed by atoms with Crippen LogP contribution in [0.15, 0.2) is 30.3 Å². The number of ether oxygens (including phenoxy) is 1. The molecule has 0 fully saturated rings. The quantitative estimate of drug-likeness (QED) is 0.897. The van der Waals surface area contributed by atoms with Crippen molar-refractivity contribution < 1.29 is 4.74 Å². The van der Waals surface area contributed by atoms with E-state index in [-0.39, 0.29) is 6.04 Å². The lowest BCUT2D eigenvalue weighted by molar-refractivity contribution is 0.407. The monoisotopic (exact) mass is 259 g/mol. The molecule has 0 aliphatic heterocycles. The molecule has 102 valence electrons. The number of benzene rings is 1. The van der Waals surface area contributed by atoms with Gasteiger partial charge >= 0.3 is 0 Å². The van der Waals surface area contributed by atoms with Crippen LogP contribution in [0.4, 0.5) is 0 Å². The second-order valence-corrected chi connectivity index (χ2v) is 4.65. The zero-order valence-electron chi connectivity index (χ0n) is 11.8. The van der Waals surface area contributed by atoms with Gasteiger partial charge in [-0.25, -0.2) is 0 Å². The first-order valence-electron chi connectivity index (χ1n) is 6.57. The van der Waals surface area contributed by atoms with E-state index >= 15 is 0 Å². The van der Waals surface area contributed by atoms with Crippen molar-refractivity contribution in [2.45, 2.75) is 32.9 Å². The van der Waals surface area contributed by atoms with E-state index in [1.165, 1.54) is 0 Å². The topological polar surface area (TPSA) is 53.1 Å². The van der Waals surface area contributed by atoms with Gasteiger partial charge in [0.2, 0.25) is 0 Å². The smallest absolute Gasteiger partial charge is 0.122 e. The lowest BCUT2D eigenvalue weighted by atomic mass is 10.0. The van der Waals surface area contributed by atoms with Crippen molar-refractivity contribution in [1.82, 2.24) is 9.78 Å². The first kappa shape index (κ1) is 13.6. The number of rotatable bonds is 5. The molecule has 0 amide bonds. The van der Waals surface area contributed by atoms with Crippen molar-refractivity contribution in [2.75, 3.05) is 7.11 Å². The van der Waals surface area contributed by atoms with E-state index in [4.69, 9.17) is 10.5 Å². The number of nitrogens with two attached hydrogens (primary N) is 1. The fourth-order valence-electron chi connectivity index (χ4n) is 2.33. The molecular formula is C15H21N3O. The number of aromatic nitrogens is 2. The Morgan fingerprint density at radius 1 is 1.37 bits per heavy atom. The van der Waals surface area contributed by atoms with Gasteiger partial charge in [-0.15, -0.1) is 0 Å². The highest BCUT2D eigenvalue weighted by molar-refractivity contribution is 5.34. The summed E-state index contributed by atoms with van der Waals surface area (Å²) in [6.45, 7) is 4.90. The third kappa shape index (κ3) is 2.96. The van der Waals surface area contributed by atoms with E-state index in [9.17, 15) is 0 Å². The highest BCUT2D eigenvalue weighted by Gasteiger charge is 2.15. The molecule has 0 saturated carbocycles. The number of hydrogen-bond acceptors (Lipinski definition) is 3. The van der Waals surface area contributed by atoms with Gasteiger partial charge in [0.15, 0.2) is 0 Å². The second-order valence-electron chi connectivity index (χ2n) is 4.65. The SMILES string of the molecule is CCn1nc(C)cc1C(N)Cc1ccccc1OC. The van der Waals surface area contributed by atoms with Gasteiger partial charge in [-0.2, -0.15) is 5.10 Å². The van der Waals surface area contributed by atoms with E-state index in [2.05, 4.69) is 24.2 Å². The lowest BCUT2D eigenvalue weighted by Gasteiger charge is -2.15. The van der Waals surface area contributed by atoms with E-state index in [1.54, 1.807) is 7.11 Å². The Morgan fingerprint density at radius 3 is 2.79 bits per heavy atom. The summed E-state index contributed by atoms with van der Waals surface area (Å²) in [5, 5.41) is 4.44. The molecule has 4 heteroatoms. The van der Waals surface area contributed by atoms with Crippen LogP contribution in [0.1, 0.15) is 29.9 Å².